The van der Waals surface area contributed by atoms with E-state index in [4.69, 9.17) is 19.2 Å². The Bertz CT molecular complexity index is 42.2. The van der Waals surface area contributed by atoms with Crippen LogP contribution in [0, 0.1) is 10.2 Å². The Balaban J connectivity index is -0.000000125. The summed E-state index contributed by atoms with van der Waals surface area (Å²) in [4.78, 5) is 0. The zero-order valence-electron chi connectivity index (χ0n) is 2.46. The van der Waals surface area contributed by atoms with E-state index in [1.54, 1.807) is 0 Å². The van der Waals surface area contributed by atoms with Gasteiger partial charge in [0.25, 0.3) is 4.44 Å². The topological polar surface area (TPSA) is 98.6 Å². The van der Waals surface area contributed by atoms with Gasteiger partial charge >= 0.3 is 23.1 Å². The van der Waals surface area contributed by atoms with Gasteiger partial charge in [0.15, 0.2) is 17.4 Å². The summed E-state index contributed by atoms with van der Waals surface area (Å²) in [6, 6.07) is 0. The molecule has 0 aliphatic carbocycles. The molecule has 0 aromatic rings. The third-order valence-corrected chi connectivity index (χ3v) is 0.254. The highest BCUT2D eigenvalue weighted by molar-refractivity contribution is 5.76. The van der Waals surface area contributed by atoms with Crippen molar-refractivity contribution in [1.29, 1.82) is 0 Å². The van der Waals surface area contributed by atoms with E-state index < -0.39 is 10.2 Å². The first kappa shape index (κ1) is 16.2. The predicted octanol–water partition coefficient (Wildman–Crippen LogP) is -5.73. The molecule has 0 amide bonds. The van der Waals surface area contributed by atoms with E-state index in [1.807, 2.05) is 0 Å². The molecule has 8 heavy (non-hydrogen) atoms. The number of hydrogen-bond donors (Lipinski definition) is 1. The highest BCUT2D eigenvalue weighted by Crippen LogP contribution is 1.76. The maximum absolute atomic E-state index is 8.94. The summed E-state index contributed by atoms with van der Waals surface area (Å²) in [5.74, 6) is 0. The van der Waals surface area contributed by atoms with Gasteiger partial charge in [-0.3, -0.25) is 0 Å². The molecule has 0 aliphatic heterocycles. The van der Waals surface area contributed by atoms with Crippen LogP contribution in [-0.4, -0.2) is 45.7 Å². The molecule has 0 spiro atoms. The molecule has 8 heteroatoms. The molecule has 0 aromatic heterocycles. The highest BCUT2D eigenvalue weighted by Gasteiger charge is 2.13. The summed E-state index contributed by atoms with van der Waals surface area (Å²) >= 11 is 0. The second-order valence-corrected chi connectivity index (χ2v) is 1.34. The molecule has 0 rings (SSSR count). The number of halogens is 1. The molecule has 0 unspecified atom stereocenters. The lowest BCUT2D eigenvalue weighted by molar-refractivity contribution is -1.93. The van der Waals surface area contributed by atoms with E-state index in [2.05, 4.69) is 4.44 Å². The quantitative estimate of drug-likeness (QED) is 0.242. The van der Waals surface area contributed by atoms with Crippen LogP contribution in [0.3, 0.4) is 0 Å². The molecule has 0 saturated carbocycles. The van der Waals surface area contributed by atoms with Gasteiger partial charge in [-0.15, -0.1) is 5.26 Å². The van der Waals surface area contributed by atoms with E-state index in [9.17, 15) is 0 Å². The van der Waals surface area contributed by atoms with Crippen LogP contribution in [-0.2, 0) is 4.44 Å². The van der Waals surface area contributed by atoms with Crippen LogP contribution in [0.5, 0.6) is 0 Å². The van der Waals surface area contributed by atoms with Crippen LogP contribution in [0.2, 0.25) is 0 Å². The van der Waals surface area contributed by atoms with E-state index in [0.717, 1.165) is 0 Å². The average Bonchev–Trinajstić information content (AvgIpc) is 1.35. The minimum absolute atomic E-state index is 0. The van der Waals surface area contributed by atoms with Crippen LogP contribution in [0.25, 0.3) is 0 Å². The molecule has 1 N–H and O–H groups in total. The van der Waals surface area contributed by atoms with Crippen molar-refractivity contribution in [1.82, 2.24) is 0 Å². The van der Waals surface area contributed by atoms with Gasteiger partial charge in [-0.05, 0) is 0 Å². The molecular formula is H6AlClMgO5. The maximum Gasteiger partial charge on any atom is 0.316 e. The van der Waals surface area contributed by atoms with Gasteiger partial charge in [0, 0.05) is 0 Å². The van der Waals surface area contributed by atoms with E-state index in [1.165, 1.54) is 0 Å². The Labute approximate surface area is 74.2 Å². The van der Waals surface area contributed by atoms with Crippen molar-refractivity contribution in [2.24, 2.45) is 0 Å². The molecular weight excluding hydrogens is 167 g/mol. The Morgan fingerprint density at radius 2 is 1.38 bits per heavy atom. The summed E-state index contributed by atoms with van der Waals surface area (Å²) in [6.45, 7) is 0. The molecule has 0 aliphatic rings. The third kappa shape index (κ3) is 15.7. The summed E-state index contributed by atoms with van der Waals surface area (Å²) in [6.07, 6.45) is 0. The zero-order valence-corrected chi connectivity index (χ0v) is 3.21. The third-order valence-electron chi connectivity index (χ3n) is 0.0845. The zero-order chi connectivity index (χ0) is 5.21. The fourth-order valence-electron chi connectivity index (χ4n) is 0. The van der Waals surface area contributed by atoms with Crippen LogP contribution < -0.4 is 14.0 Å². The van der Waals surface area contributed by atoms with Gasteiger partial charge in [0.2, 0.25) is 0 Å². The highest BCUT2D eigenvalue weighted by atomic mass is 35.7. The smallest absolute Gasteiger partial charge is 0.180 e. The normalized spacial score (nSPS) is 9.00. The van der Waals surface area contributed by atoms with Gasteiger partial charge in [0.1, 0.15) is 10.2 Å². The first-order valence-corrected chi connectivity index (χ1v) is 2.03. The Morgan fingerprint density at radius 3 is 1.38 bits per heavy atom. The molecule has 0 atom stereocenters. The molecule has 0 heterocycles. The largest absolute Gasteiger partial charge is 0.316 e. The molecule has 0 aromatic carbocycles. The lowest BCUT2D eigenvalue weighted by atomic mass is 15.0. The Hall–Kier alpha value is 1.39. The van der Waals surface area contributed by atoms with Crippen molar-refractivity contribution in [3.8, 4) is 0 Å². The van der Waals surface area contributed by atoms with Crippen molar-refractivity contribution < 1.29 is 33.9 Å². The summed E-state index contributed by atoms with van der Waals surface area (Å²) in [5.41, 5.74) is 0. The SMILES string of the molecule is [AlH3].[MgH2].[O-][Cl+3]([O-])([O-])OO. The average molecular weight is 173 g/mol. The summed E-state index contributed by atoms with van der Waals surface area (Å²) in [7, 11) is -4.62. The first-order valence-electron chi connectivity index (χ1n) is 0.800. The fraction of sp³-hybridized carbons (Fsp3) is 0. The van der Waals surface area contributed by atoms with Crippen LogP contribution in [0.1, 0.15) is 0 Å². The second kappa shape index (κ2) is 6.51. The lowest BCUT2D eigenvalue weighted by Crippen LogP contribution is -2.60. The first-order chi connectivity index (χ1) is 2.56. The summed E-state index contributed by atoms with van der Waals surface area (Å²) in [5, 5.41) is 6.99. The monoisotopic (exact) mass is 172 g/mol. The molecule has 5 nitrogen and oxygen atoms in total. The van der Waals surface area contributed by atoms with Crippen LogP contribution in [0.15, 0.2) is 0 Å². The van der Waals surface area contributed by atoms with Gasteiger partial charge in [-0.2, -0.15) is 14.0 Å². The molecule has 0 bridgehead atoms. The van der Waals surface area contributed by atoms with Gasteiger partial charge < -0.3 is 0 Å². The second-order valence-electron chi connectivity index (χ2n) is 0.447. The fourth-order valence-corrected chi connectivity index (χ4v) is 0. The van der Waals surface area contributed by atoms with E-state index in [-0.39, 0.29) is 40.4 Å². The standard InChI is InChI=1S/Al.ClHO5.Mg.5H/c;2-1(3,4)6-5;;;;;;/h;5H;;;;;;. The molecule has 0 saturated heterocycles. The lowest BCUT2D eigenvalue weighted by Gasteiger charge is -2.04. The minimum atomic E-state index is -4.62. The van der Waals surface area contributed by atoms with Crippen molar-refractivity contribution >= 4 is 40.4 Å². The van der Waals surface area contributed by atoms with E-state index in [0.29, 0.717) is 0 Å². The molecule has 48 valence electrons. The number of rotatable bonds is 1. The van der Waals surface area contributed by atoms with Gasteiger partial charge in [-0.1, -0.05) is 0 Å². The Kier molecular flexibility index (Phi) is 13.2. The van der Waals surface area contributed by atoms with Crippen LogP contribution in [0.4, 0.5) is 0 Å². The predicted molar refractivity (Wildman–Crippen MR) is 22.2 cm³/mol. The summed E-state index contributed by atoms with van der Waals surface area (Å²) < 4.78 is 29.2. The van der Waals surface area contributed by atoms with Crippen LogP contribution >= 0.6 is 0 Å². The van der Waals surface area contributed by atoms with Crippen molar-refractivity contribution in [2.75, 3.05) is 0 Å². The molecule has 0 radical (unpaired) electrons. The van der Waals surface area contributed by atoms with Gasteiger partial charge in [-0.25, -0.2) is 0 Å². The van der Waals surface area contributed by atoms with Crippen molar-refractivity contribution in [3.05, 3.63) is 0 Å². The van der Waals surface area contributed by atoms with Crippen molar-refractivity contribution in [3.63, 3.8) is 0 Å². The molecule has 0 fully saturated rings. The van der Waals surface area contributed by atoms with Crippen molar-refractivity contribution in [2.45, 2.75) is 0 Å². The maximum atomic E-state index is 8.94. The van der Waals surface area contributed by atoms with E-state index >= 15 is 0 Å². The Morgan fingerprint density at radius 1 is 1.25 bits per heavy atom. The van der Waals surface area contributed by atoms with Gasteiger partial charge in [0.05, 0.1) is 0 Å². The number of hydrogen-bond acceptors (Lipinski definition) is 5. The minimum Gasteiger partial charge on any atom is -0.180 e.